The Balaban J connectivity index is 4.35. The Kier molecular flexibility index (Phi) is 41.8. The van der Waals surface area contributed by atoms with E-state index < -0.39 is 24.3 Å². The van der Waals surface area contributed by atoms with Crippen molar-refractivity contribution in [3.63, 3.8) is 0 Å². The molecule has 0 aromatic heterocycles. The van der Waals surface area contributed by atoms with Crippen LogP contribution in [-0.2, 0) is 33.3 Å². The van der Waals surface area contributed by atoms with E-state index in [2.05, 4.69) is 38.2 Å². The molecule has 0 bridgehead atoms. The number of carbonyl (C=O) groups is 3. The summed E-state index contributed by atoms with van der Waals surface area (Å²) in [4.78, 5) is 37.2. The van der Waals surface area contributed by atoms with Gasteiger partial charge in [0.15, 0.2) is 6.10 Å². The van der Waals surface area contributed by atoms with Crippen LogP contribution in [0.3, 0.4) is 0 Å². The summed E-state index contributed by atoms with van der Waals surface area (Å²) in [7, 11) is 5.96. The van der Waals surface area contributed by atoms with E-state index in [4.69, 9.17) is 18.9 Å². The maximum atomic E-state index is 12.8. The molecule has 0 saturated carbocycles. The van der Waals surface area contributed by atoms with Crippen molar-refractivity contribution in [2.24, 2.45) is 0 Å². The fourth-order valence-electron chi connectivity index (χ4n) is 7.04. The van der Waals surface area contributed by atoms with Crippen LogP contribution in [0.4, 0.5) is 0 Å². The van der Waals surface area contributed by atoms with Crippen molar-refractivity contribution in [2.45, 2.75) is 238 Å². The van der Waals surface area contributed by atoms with Crippen LogP contribution in [0.1, 0.15) is 226 Å². The monoisotopic (exact) mass is 851 g/mol. The minimum Gasteiger partial charge on any atom is -0.477 e. The zero-order valence-corrected chi connectivity index (χ0v) is 39.9. The molecule has 0 radical (unpaired) electrons. The fourth-order valence-corrected chi connectivity index (χ4v) is 7.04. The van der Waals surface area contributed by atoms with Crippen LogP contribution < -0.4 is 0 Å². The summed E-state index contributed by atoms with van der Waals surface area (Å²) in [5.74, 6) is -2.01. The van der Waals surface area contributed by atoms with Gasteiger partial charge in [0.2, 0.25) is 0 Å². The third-order valence-corrected chi connectivity index (χ3v) is 11.0. The highest BCUT2D eigenvalue weighted by atomic mass is 16.7. The molecule has 9 nitrogen and oxygen atoms in total. The van der Waals surface area contributed by atoms with Gasteiger partial charge < -0.3 is 28.5 Å². The maximum Gasteiger partial charge on any atom is 0.361 e. The van der Waals surface area contributed by atoms with Crippen LogP contribution in [-0.4, -0.2) is 87.4 Å². The van der Waals surface area contributed by atoms with Crippen LogP contribution in [0.25, 0.3) is 0 Å². The number of nitrogens with zero attached hydrogens (tertiary/aromatic N) is 1. The van der Waals surface area contributed by atoms with Crippen molar-refractivity contribution in [1.82, 2.24) is 0 Å². The number of carbonyl (C=O) groups excluding carboxylic acids is 2. The molecule has 0 spiro atoms. The summed E-state index contributed by atoms with van der Waals surface area (Å²) in [6.45, 7) is 4.87. The minimum atomic E-state index is -1.51. The average Bonchev–Trinajstić information content (AvgIpc) is 3.21. The van der Waals surface area contributed by atoms with Crippen LogP contribution in [0.15, 0.2) is 24.3 Å². The van der Waals surface area contributed by atoms with Gasteiger partial charge in [-0.15, -0.1) is 0 Å². The Morgan fingerprint density at radius 1 is 0.500 bits per heavy atom. The number of esters is 2. The molecule has 60 heavy (non-hydrogen) atoms. The van der Waals surface area contributed by atoms with Gasteiger partial charge in [0, 0.05) is 12.8 Å². The van der Waals surface area contributed by atoms with Gasteiger partial charge in [-0.3, -0.25) is 9.59 Å². The van der Waals surface area contributed by atoms with Gasteiger partial charge in [0.05, 0.1) is 34.4 Å². The molecule has 0 heterocycles. The quantitative estimate of drug-likeness (QED) is 0.0212. The van der Waals surface area contributed by atoms with Gasteiger partial charge in [0.25, 0.3) is 6.29 Å². The number of hydrogen-bond acceptors (Lipinski definition) is 7. The van der Waals surface area contributed by atoms with E-state index in [1.807, 2.05) is 21.1 Å². The first-order valence-electron chi connectivity index (χ1n) is 25.0. The summed E-state index contributed by atoms with van der Waals surface area (Å²) in [6, 6.07) is 0. The van der Waals surface area contributed by atoms with Gasteiger partial charge >= 0.3 is 17.9 Å². The second kappa shape index (κ2) is 43.4. The highest BCUT2D eigenvalue weighted by Crippen LogP contribution is 2.16. The smallest absolute Gasteiger partial charge is 0.361 e. The second-order valence-electron chi connectivity index (χ2n) is 18.1. The summed E-state index contributed by atoms with van der Waals surface area (Å²) >= 11 is 0. The SMILES string of the molecule is CCCCCC/C=C\C/C=C\CCCCCCCC(=O)OC(COC(=O)CCCCCCCCCCCCCCCCCCCCC)COC(OCC[N+](C)(C)C)C(=O)O. The standard InChI is InChI=1S/C51H95NO8/c1-6-8-10-12-14-16-18-20-22-24-25-26-28-29-31-33-35-37-39-41-48(53)58-45-47(46-59-51(50(55)56)57-44-43-52(3,4)5)60-49(54)42-40-38-36-34-32-30-27-23-21-19-17-15-13-11-9-7-2/h17,19,23,27,47,51H,6-16,18,20-22,24-26,28-46H2,1-5H3/p+1/b19-17-,27-23-. The van der Waals surface area contributed by atoms with E-state index in [1.165, 1.54) is 135 Å². The van der Waals surface area contributed by atoms with Gasteiger partial charge in [-0.2, -0.15) is 0 Å². The lowest BCUT2D eigenvalue weighted by atomic mass is 10.0. The largest absolute Gasteiger partial charge is 0.477 e. The molecule has 0 aromatic carbocycles. The van der Waals surface area contributed by atoms with Gasteiger partial charge in [-0.1, -0.05) is 192 Å². The zero-order valence-electron chi connectivity index (χ0n) is 39.9. The first-order chi connectivity index (χ1) is 29.1. The molecule has 0 aromatic rings. The molecule has 1 N–H and O–H groups in total. The maximum absolute atomic E-state index is 12.8. The molecule has 2 atom stereocenters. The molecule has 0 aliphatic heterocycles. The molecule has 2 unspecified atom stereocenters. The van der Waals surface area contributed by atoms with Crippen molar-refractivity contribution in [3.05, 3.63) is 24.3 Å². The summed E-state index contributed by atoms with van der Waals surface area (Å²) in [5.41, 5.74) is 0. The Morgan fingerprint density at radius 3 is 1.33 bits per heavy atom. The van der Waals surface area contributed by atoms with E-state index in [0.717, 1.165) is 57.8 Å². The van der Waals surface area contributed by atoms with Crippen LogP contribution >= 0.6 is 0 Å². The number of quaternary nitrogens is 1. The lowest BCUT2D eigenvalue weighted by Gasteiger charge is -2.25. The summed E-state index contributed by atoms with van der Waals surface area (Å²) in [5, 5.41) is 9.66. The molecular weight excluding hydrogens is 755 g/mol. The topological polar surface area (TPSA) is 108 Å². The molecule has 0 aliphatic rings. The van der Waals surface area contributed by atoms with Crippen molar-refractivity contribution >= 4 is 17.9 Å². The third-order valence-electron chi connectivity index (χ3n) is 11.0. The van der Waals surface area contributed by atoms with Gasteiger partial charge in [-0.05, 0) is 44.9 Å². The fraction of sp³-hybridized carbons (Fsp3) is 0.863. The zero-order chi connectivity index (χ0) is 44.2. The predicted molar refractivity (Wildman–Crippen MR) is 249 cm³/mol. The van der Waals surface area contributed by atoms with E-state index in [9.17, 15) is 19.5 Å². The number of ether oxygens (including phenoxy) is 4. The van der Waals surface area contributed by atoms with Crippen molar-refractivity contribution in [1.29, 1.82) is 0 Å². The van der Waals surface area contributed by atoms with Crippen LogP contribution in [0, 0.1) is 0 Å². The van der Waals surface area contributed by atoms with E-state index >= 15 is 0 Å². The molecule has 0 rings (SSSR count). The molecule has 0 saturated heterocycles. The van der Waals surface area contributed by atoms with Crippen LogP contribution in [0.2, 0.25) is 0 Å². The lowest BCUT2D eigenvalue weighted by molar-refractivity contribution is -0.870. The number of allylic oxidation sites excluding steroid dienone is 4. The Hall–Kier alpha value is -2.23. The third kappa shape index (κ3) is 43.8. The van der Waals surface area contributed by atoms with E-state index in [1.54, 1.807) is 0 Å². The number of likely N-dealkylation sites (N-methyl/N-ethyl adjacent to an activating group) is 1. The summed E-state index contributed by atoms with van der Waals surface area (Å²) < 4.78 is 22.8. The Bertz CT molecular complexity index is 1040. The molecule has 352 valence electrons. The molecule has 0 aliphatic carbocycles. The van der Waals surface area contributed by atoms with E-state index in [0.29, 0.717) is 23.9 Å². The second-order valence-corrected chi connectivity index (χ2v) is 18.1. The van der Waals surface area contributed by atoms with Gasteiger partial charge in [0.1, 0.15) is 13.2 Å². The molecule has 0 fully saturated rings. The number of aliphatic carboxylic acids is 1. The van der Waals surface area contributed by atoms with Crippen molar-refractivity contribution in [2.75, 3.05) is 47.5 Å². The Morgan fingerprint density at radius 2 is 0.900 bits per heavy atom. The molecule has 0 amide bonds. The number of hydrogen-bond donors (Lipinski definition) is 1. The lowest BCUT2D eigenvalue weighted by Crippen LogP contribution is -2.40. The predicted octanol–water partition coefficient (Wildman–Crippen LogP) is 13.6. The van der Waals surface area contributed by atoms with Crippen molar-refractivity contribution < 1.29 is 42.9 Å². The van der Waals surface area contributed by atoms with Gasteiger partial charge in [-0.25, -0.2) is 4.79 Å². The normalized spacial score (nSPS) is 13.0. The van der Waals surface area contributed by atoms with Crippen molar-refractivity contribution in [3.8, 4) is 0 Å². The first kappa shape index (κ1) is 57.8. The molecular formula is C51H96NO8+. The highest BCUT2D eigenvalue weighted by molar-refractivity contribution is 5.71. The number of carboxylic acid groups (broad SMARTS) is 1. The average molecular weight is 851 g/mol. The highest BCUT2D eigenvalue weighted by Gasteiger charge is 2.25. The number of rotatable bonds is 46. The summed E-state index contributed by atoms with van der Waals surface area (Å²) in [6.07, 6.45) is 45.2. The number of carboxylic acids is 1. The van der Waals surface area contributed by atoms with E-state index in [-0.39, 0.29) is 32.2 Å². The first-order valence-corrected chi connectivity index (χ1v) is 25.0. The molecule has 9 heteroatoms. The van der Waals surface area contributed by atoms with Crippen LogP contribution in [0.5, 0.6) is 0 Å². The number of unbranched alkanes of at least 4 members (excludes halogenated alkanes) is 27. The Labute approximate surface area is 369 Å². The minimum absolute atomic E-state index is 0.183.